The molecule has 1 aromatic heterocycles. The van der Waals surface area contributed by atoms with E-state index in [1.54, 1.807) is 0 Å². The zero-order chi connectivity index (χ0) is 19.5. The molecule has 5 rings (SSSR count). The Labute approximate surface area is 166 Å². The molecule has 2 aromatic rings. The van der Waals surface area contributed by atoms with Gasteiger partial charge in [-0.15, -0.1) is 0 Å². The van der Waals surface area contributed by atoms with Crippen LogP contribution in [0.4, 0.5) is 4.79 Å². The van der Waals surface area contributed by atoms with E-state index in [9.17, 15) is 4.79 Å². The van der Waals surface area contributed by atoms with E-state index in [-0.39, 0.29) is 6.09 Å². The number of hydrogen-bond donors (Lipinski definition) is 0. The summed E-state index contributed by atoms with van der Waals surface area (Å²) in [6.45, 7) is 7.42. The molecule has 2 aliphatic heterocycles. The van der Waals surface area contributed by atoms with E-state index in [1.807, 2.05) is 38.2 Å². The van der Waals surface area contributed by atoms with Gasteiger partial charge in [-0.05, 0) is 63.4 Å². The van der Waals surface area contributed by atoms with Gasteiger partial charge in [-0.25, -0.2) is 9.78 Å². The summed E-state index contributed by atoms with van der Waals surface area (Å²) < 4.78 is 7.92. The first-order valence-electron chi connectivity index (χ1n) is 10.4. The van der Waals surface area contributed by atoms with Gasteiger partial charge in [0.15, 0.2) is 0 Å². The fraction of sp³-hybridized carbons (Fsp3) is 0.565. The first kappa shape index (κ1) is 17.8. The van der Waals surface area contributed by atoms with Crippen molar-refractivity contribution >= 4 is 6.09 Å². The molecular formula is C23H29N3O2. The molecule has 1 saturated heterocycles. The second-order valence-corrected chi connectivity index (χ2v) is 9.85. The van der Waals surface area contributed by atoms with E-state index in [4.69, 9.17) is 4.74 Å². The van der Waals surface area contributed by atoms with Gasteiger partial charge in [0, 0.05) is 18.7 Å². The van der Waals surface area contributed by atoms with Gasteiger partial charge in [0.1, 0.15) is 5.60 Å². The minimum absolute atomic E-state index is 0.161. The Balaban J connectivity index is 1.25. The average molecular weight is 380 g/mol. The van der Waals surface area contributed by atoms with Crippen molar-refractivity contribution in [3.05, 3.63) is 42.4 Å². The summed E-state index contributed by atoms with van der Waals surface area (Å²) in [7, 11) is 0. The number of piperidine rings is 1. The molecule has 1 atom stereocenters. The number of ether oxygens (including phenoxy) is 1. The normalized spacial score (nSPS) is 23.2. The molecule has 0 radical (unpaired) electrons. The van der Waals surface area contributed by atoms with Crippen LogP contribution in [0.5, 0.6) is 0 Å². The largest absolute Gasteiger partial charge is 0.444 e. The van der Waals surface area contributed by atoms with E-state index in [2.05, 4.69) is 33.8 Å². The summed E-state index contributed by atoms with van der Waals surface area (Å²) in [6.07, 6.45) is 8.49. The Bertz CT molecular complexity index is 895. The van der Waals surface area contributed by atoms with Gasteiger partial charge < -0.3 is 14.2 Å². The Morgan fingerprint density at radius 1 is 1.18 bits per heavy atom. The highest BCUT2D eigenvalue weighted by Crippen LogP contribution is 2.59. The number of carbonyl (C=O) groups excluding carboxylic acids is 1. The maximum atomic E-state index is 12.3. The number of nitrogens with zero attached hydrogens (tertiary/aromatic N) is 3. The molecule has 5 heteroatoms. The SMILES string of the molecule is CC(C)(C)OC(=O)N1CCC2(CC1)CC(C1c3ccccc3-c3cncn31)C2. The highest BCUT2D eigenvalue weighted by Gasteiger charge is 2.51. The van der Waals surface area contributed by atoms with Crippen LogP contribution < -0.4 is 0 Å². The average Bonchev–Trinajstić information content (AvgIpc) is 3.19. The summed E-state index contributed by atoms with van der Waals surface area (Å²) in [5.74, 6) is 0.657. The van der Waals surface area contributed by atoms with Crippen LogP contribution in [0.1, 0.15) is 58.1 Å². The van der Waals surface area contributed by atoms with Crippen LogP contribution in [-0.2, 0) is 4.74 Å². The lowest BCUT2D eigenvalue weighted by Crippen LogP contribution is -2.51. The molecule has 1 unspecified atom stereocenters. The molecule has 2 fully saturated rings. The maximum Gasteiger partial charge on any atom is 0.410 e. The summed E-state index contributed by atoms with van der Waals surface area (Å²) in [5, 5.41) is 0. The monoisotopic (exact) mass is 379 g/mol. The molecule has 1 aliphatic carbocycles. The van der Waals surface area contributed by atoms with Crippen molar-refractivity contribution in [1.82, 2.24) is 14.5 Å². The third-order valence-corrected chi connectivity index (χ3v) is 6.83. The molecule has 0 bridgehead atoms. The van der Waals surface area contributed by atoms with Crippen LogP contribution in [0.3, 0.4) is 0 Å². The third-order valence-electron chi connectivity index (χ3n) is 6.83. The van der Waals surface area contributed by atoms with Crippen LogP contribution in [0.15, 0.2) is 36.8 Å². The van der Waals surface area contributed by atoms with Crippen LogP contribution in [0, 0.1) is 11.3 Å². The predicted octanol–water partition coefficient (Wildman–Crippen LogP) is 4.88. The number of carbonyl (C=O) groups is 1. The second kappa shape index (κ2) is 6.10. The fourth-order valence-electron chi connectivity index (χ4n) is 5.53. The second-order valence-electron chi connectivity index (χ2n) is 9.85. The first-order chi connectivity index (χ1) is 13.4. The van der Waals surface area contributed by atoms with E-state index >= 15 is 0 Å². The molecule has 0 N–H and O–H groups in total. The van der Waals surface area contributed by atoms with Gasteiger partial charge in [0.25, 0.3) is 0 Å². The van der Waals surface area contributed by atoms with E-state index in [1.165, 1.54) is 29.7 Å². The van der Waals surface area contributed by atoms with Gasteiger partial charge in [-0.1, -0.05) is 24.3 Å². The molecule has 1 saturated carbocycles. The number of aromatic nitrogens is 2. The summed E-state index contributed by atoms with van der Waals surface area (Å²) >= 11 is 0. The van der Waals surface area contributed by atoms with E-state index in [0.717, 1.165) is 25.9 Å². The van der Waals surface area contributed by atoms with Crippen LogP contribution >= 0.6 is 0 Å². The number of rotatable bonds is 1. The van der Waals surface area contributed by atoms with E-state index in [0.29, 0.717) is 17.4 Å². The predicted molar refractivity (Wildman–Crippen MR) is 108 cm³/mol. The van der Waals surface area contributed by atoms with Crippen molar-refractivity contribution < 1.29 is 9.53 Å². The Morgan fingerprint density at radius 3 is 2.61 bits per heavy atom. The first-order valence-corrected chi connectivity index (χ1v) is 10.4. The van der Waals surface area contributed by atoms with Crippen molar-refractivity contribution in [2.75, 3.05) is 13.1 Å². The molecule has 148 valence electrons. The zero-order valence-corrected chi connectivity index (χ0v) is 17.0. The molecule has 3 heterocycles. The van der Waals surface area contributed by atoms with Crippen molar-refractivity contribution in [1.29, 1.82) is 0 Å². The summed E-state index contributed by atoms with van der Waals surface area (Å²) in [4.78, 5) is 18.6. The fourth-order valence-corrected chi connectivity index (χ4v) is 5.53. The molecule has 1 amide bonds. The highest BCUT2D eigenvalue weighted by atomic mass is 16.6. The molecule has 3 aliphatic rings. The van der Waals surface area contributed by atoms with Gasteiger partial charge in [-0.2, -0.15) is 0 Å². The topological polar surface area (TPSA) is 47.4 Å². The van der Waals surface area contributed by atoms with E-state index < -0.39 is 5.60 Å². The Morgan fingerprint density at radius 2 is 1.89 bits per heavy atom. The smallest absolute Gasteiger partial charge is 0.410 e. The standard InChI is InChI=1S/C23H29N3O2/c1-22(2,3)28-21(27)25-10-8-23(9-11-25)12-16(13-23)20-18-7-5-4-6-17(18)19-14-24-15-26(19)20/h4-7,14-16,20H,8-13H2,1-3H3. The third kappa shape index (κ3) is 2.83. The zero-order valence-electron chi connectivity index (χ0n) is 17.0. The van der Waals surface area contributed by atoms with Crippen molar-refractivity contribution in [2.24, 2.45) is 11.3 Å². The van der Waals surface area contributed by atoms with Crippen molar-refractivity contribution in [3.8, 4) is 11.3 Å². The quantitative estimate of drug-likeness (QED) is 0.709. The van der Waals surface area contributed by atoms with Crippen LogP contribution in [0.25, 0.3) is 11.3 Å². The van der Waals surface area contributed by atoms with Crippen molar-refractivity contribution in [3.63, 3.8) is 0 Å². The van der Waals surface area contributed by atoms with Crippen LogP contribution in [-0.4, -0.2) is 39.2 Å². The molecular weight excluding hydrogens is 350 g/mol. The lowest BCUT2D eigenvalue weighted by molar-refractivity contribution is -0.0361. The minimum atomic E-state index is -0.424. The van der Waals surface area contributed by atoms with Crippen molar-refractivity contribution in [2.45, 2.75) is 58.1 Å². The molecule has 1 aromatic carbocycles. The maximum absolute atomic E-state index is 12.3. The highest BCUT2D eigenvalue weighted by molar-refractivity contribution is 5.69. The number of imidazole rings is 1. The summed E-state index contributed by atoms with van der Waals surface area (Å²) in [6, 6.07) is 9.19. The number of benzene rings is 1. The molecule has 28 heavy (non-hydrogen) atoms. The van der Waals surface area contributed by atoms with Gasteiger partial charge in [0.2, 0.25) is 0 Å². The Hall–Kier alpha value is -2.30. The molecule has 5 nitrogen and oxygen atoms in total. The van der Waals surface area contributed by atoms with Gasteiger partial charge >= 0.3 is 6.09 Å². The number of amides is 1. The van der Waals surface area contributed by atoms with Gasteiger partial charge in [0.05, 0.1) is 24.3 Å². The lowest BCUT2D eigenvalue weighted by atomic mass is 9.55. The van der Waals surface area contributed by atoms with Crippen LogP contribution in [0.2, 0.25) is 0 Å². The summed E-state index contributed by atoms with van der Waals surface area (Å²) in [5.41, 5.74) is 4.02. The lowest BCUT2D eigenvalue weighted by Gasteiger charge is -2.54. The number of fused-ring (bicyclic) bond motifs is 3. The number of likely N-dealkylation sites (tertiary alicyclic amines) is 1. The molecule has 1 spiro atoms. The Kier molecular flexibility index (Phi) is 3.87. The number of hydrogen-bond acceptors (Lipinski definition) is 3. The van der Waals surface area contributed by atoms with Gasteiger partial charge in [-0.3, -0.25) is 0 Å². The minimum Gasteiger partial charge on any atom is -0.444 e.